The van der Waals surface area contributed by atoms with Gasteiger partial charge in [-0.1, -0.05) is 24.3 Å². The van der Waals surface area contributed by atoms with Gasteiger partial charge in [-0.3, -0.25) is 0 Å². The van der Waals surface area contributed by atoms with Gasteiger partial charge < -0.3 is 16.0 Å². The number of thiol groups is 1. The van der Waals surface area contributed by atoms with E-state index >= 15 is 0 Å². The number of rotatable bonds is 2. The van der Waals surface area contributed by atoms with Gasteiger partial charge in [0.1, 0.15) is 5.67 Å². The third-order valence-electron chi connectivity index (χ3n) is 5.56. The van der Waals surface area contributed by atoms with Crippen molar-refractivity contribution in [3.05, 3.63) is 51.6 Å². The highest BCUT2D eigenvalue weighted by molar-refractivity contribution is 8.00. The molecule has 1 unspecified atom stereocenters. The van der Waals surface area contributed by atoms with Gasteiger partial charge in [-0.15, -0.1) is 0 Å². The van der Waals surface area contributed by atoms with Crippen molar-refractivity contribution >= 4 is 24.4 Å². The monoisotopic (exact) mass is 436 g/mol. The predicted molar refractivity (Wildman–Crippen MR) is 123 cm³/mol. The summed E-state index contributed by atoms with van der Waals surface area (Å²) in [6.07, 6.45) is 4.04. The van der Waals surface area contributed by atoms with E-state index in [0.29, 0.717) is 24.2 Å². The maximum absolute atomic E-state index is 14.5. The Morgan fingerprint density at radius 2 is 1.79 bits per heavy atom. The number of halogens is 1. The fraction of sp³-hybridized carbons (Fsp3) is 0.524. The molecule has 1 aromatic heterocycles. The zero-order valence-electron chi connectivity index (χ0n) is 16.9. The minimum absolute atomic E-state index is 0.246. The van der Waals surface area contributed by atoms with E-state index in [1.165, 1.54) is 26.4 Å². The molecular formula is C21H29FN4OS2. The second-order valence-corrected chi connectivity index (χ2v) is 8.76. The van der Waals surface area contributed by atoms with Crippen molar-refractivity contribution in [3.8, 4) is 11.3 Å². The second-order valence-electron chi connectivity index (χ2n) is 7.77. The van der Waals surface area contributed by atoms with Crippen LogP contribution in [0.25, 0.3) is 11.3 Å². The average Bonchev–Trinajstić information content (AvgIpc) is 2.94. The Hall–Kier alpha value is -1.35. The molecule has 2 aromatic rings. The lowest BCUT2D eigenvalue weighted by Crippen LogP contribution is -2.48. The van der Waals surface area contributed by atoms with Crippen LogP contribution < -0.4 is 16.7 Å². The van der Waals surface area contributed by atoms with E-state index in [0.717, 1.165) is 28.2 Å². The van der Waals surface area contributed by atoms with Crippen molar-refractivity contribution in [2.75, 3.05) is 30.9 Å². The fourth-order valence-corrected chi connectivity index (χ4v) is 4.51. The van der Waals surface area contributed by atoms with E-state index in [-0.39, 0.29) is 5.54 Å². The van der Waals surface area contributed by atoms with Crippen molar-refractivity contribution in [2.45, 2.75) is 37.4 Å². The highest BCUT2D eigenvalue weighted by atomic mass is 32.2. The van der Waals surface area contributed by atoms with E-state index in [4.69, 9.17) is 5.73 Å². The van der Waals surface area contributed by atoms with Crippen LogP contribution in [0.3, 0.4) is 0 Å². The fourth-order valence-electron chi connectivity index (χ4n) is 3.54. The van der Waals surface area contributed by atoms with Crippen LogP contribution in [0.2, 0.25) is 0 Å². The summed E-state index contributed by atoms with van der Waals surface area (Å²) in [5, 5.41) is 3.11. The number of hydrogen-bond donors (Lipinski definition) is 4. The van der Waals surface area contributed by atoms with Crippen LogP contribution in [0, 0.1) is 0 Å². The van der Waals surface area contributed by atoms with Gasteiger partial charge in [0.2, 0.25) is 0 Å². The number of alkyl halides is 1. The largest absolute Gasteiger partial charge is 0.345 e. The van der Waals surface area contributed by atoms with Gasteiger partial charge in [0.15, 0.2) is 0 Å². The number of hydrogen-bond acceptors (Lipinski definition) is 6. The summed E-state index contributed by atoms with van der Waals surface area (Å²) in [5.74, 6) is 1.84. The normalized spacial score (nSPS) is 23.3. The zero-order chi connectivity index (χ0) is 21.1. The first kappa shape index (κ1) is 22.3. The third kappa shape index (κ3) is 4.71. The van der Waals surface area contributed by atoms with E-state index in [2.05, 4.69) is 27.9 Å². The summed E-state index contributed by atoms with van der Waals surface area (Å²) >= 11 is 5.36. The first-order valence-electron chi connectivity index (χ1n) is 9.85. The predicted octanol–water partition coefficient (Wildman–Crippen LogP) is 2.99. The number of benzene rings is 1. The topological polar surface area (TPSA) is 83.8 Å². The Kier molecular flexibility index (Phi) is 7.09. The van der Waals surface area contributed by atoms with Crippen molar-refractivity contribution in [1.29, 1.82) is 0 Å². The van der Waals surface area contributed by atoms with Crippen LogP contribution in [0.4, 0.5) is 4.39 Å². The Morgan fingerprint density at radius 1 is 1.21 bits per heavy atom. The molecule has 3 heterocycles. The number of nitrogens with one attached hydrogen (secondary N) is 2. The smallest absolute Gasteiger partial charge is 0.320 e. The lowest BCUT2D eigenvalue weighted by molar-refractivity contribution is 0.188. The molecule has 1 aliphatic carbocycles. The number of H-pyrrole nitrogens is 1. The molecule has 0 bridgehead atoms. The SMILES string of the molecule is C1CNC1.CC1(F)CCc2c(-c3ccc(C4(N)CSC4)cc3)nc(=O)[nH]c21.CS. The molecule has 0 amide bonds. The van der Waals surface area contributed by atoms with Crippen molar-refractivity contribution in [2.24, 2.45) is 5.73 Å². The molecule has 5 nitrogen and oxygen atoms in total. The first-order valence-corrected chi connectivity index (χ1v) is 11.9. The second kappa shape index (κ2) is 9.20. The maximum Gasteiger partial charge on any atom is 0.345 e. The van der Waals surface area contributed by atoms with Crippen molar-refractivity contribution in [1.82, 2.24) is 15.3 Å². The van der Waals surface area contributed by atoms with Crippen LogP contribution in [-0.2, 0) is 17.6 Å². The van der Waals surface area contributed by atoms with E-state index in [1.54, 1.807) is 6.26 Å². The summed E-state index contributed by atoms with van der Waals surface area (Å²) in [6.45, 7) is 4.01. The number of nitrogens with zero attached hydrogens (tertiary/aromatic N) is 1. The van der Waals surface area contributed by atoms with Gasteiger partial charge >= 0.3 is 5.69 Å². The van der Waals surface area contributed by atoms with Crippen LogP contribution in [0.5, 0.6) is 0 Å². The Balaban J connectivity index is 0.000000351. The summed E-state index contributed by atoms with van der Waals surface area (Å²) in [7, 11) is 0. The highest BCUT2D eigenvalue weighted by Gasteiger charge is 2.38. The van der Waals surface area contributed by atoms with Crippen LogP contribution in [0.1, 0.15) is 36.6 Å². The summed E-state index contributed by atoms with van der Waals surface area (Å²) < 4.78 is 14.5. The van der Waals surface area contributed by atoms with Gasteiger partial charge in [-0.25, -0.2) is 9.18 Å². The van der Waals surface area contributed by atoms with Crippen molar-refractivity contribution < 1.29 is 4.39 Å². The van der Waals surface area contributed by atoms with E-state index in [1.807, 2.05) is 36.0 Å². The molecule has 158 valence electrons. The third-order valence-corrected chi connectivity index (χ3v) is 7.00. The summed E-state index contributed by atoms with van der Waals surface area (Å²) in [6, 6.07) is 7.85. The van der Waals surface area contributed by atoms with Crippen LogP contribution in [0.15, 0.2) is 29.1 Å². The Morgan fingerprint density at radius 3 is 2.28 bits per heavy atom. The molecule has 5 rings (SSSR count). The molecule has 8 heteroatoms. The Bertz CT molecular complexity index is 887. The number of nitrogens with two attached hydrogens (primary N) is 1. The molecule has 1 aromatic carbocycles. The Labute approximate surface area is 180 Å². The molecule has 0 radical (unpaired) electrons. The van der Waals surface area contributed by atoms with Gasteiger partial charge in [-0.2, -0.15) is 29.4 Å². The van der Waals surface area contributed by atoms with Gasteiger partial charge in [-0.05, 0) is 51.1 Å². The van der Waals surface area contributed by atoms with Crippen molar-refractivity contribution in [3.63, 3.8) is 0 Å². The molecule has 0 saturated carbocycles. The standard InChI is InChI=1S/C17H18FN3OS.C3H7N.CH4S/c1-16(18)7-6-12-13(20-15(22)21-14(12)16)10-2-4-11(5-3-10)17(19)8-23-9-17;1-2-4-3-1;1-2/h2-5H,6-9,19H2,1H3,(H,20,21,22);4H,1-3H2;2H,1H3. The minimum Gasteiger partial charge on any atom is -0.320 e. The summed E-state index contributed by atoms with van der Waals surface area (Å²) in [4.78, 5) is 18.5. The number of aromatic amines is 1. The molecule has 3 aliphatic rings. The number of aromatic nitrogens is 2. The zero-order valence-corrected chi connectivity index (χ0v) is 18.6. The van der Waals surface area contributed by atoms with Gasteiger partial charge in [0, 0.05) is 22.6 Å². The molecule has 1 atom stereocenters. The number of fused-ring (bicyclic) bond motifs is 1. The van der Waals surface area contributed by atoms with Crippen LogP contribution in [-0.4, -0.2) is 40.8 Å². The quantitative estimate of drug-likeness (QED) is 0.544. The molecule has 0 spiro atoms. The van der Waals surface area contributed by atoms with Gasteiger partial charge in [0.25, 0.3) is 0 Å². The van der Waals surface area contributed by atoms with E-state index in [9.17, 15) is 9.18 Å². The van der Waals surface area contributed by atoms with E-state index < -0.39 is 11.4 Å². The van der Waals surface area contributed by atoms with Crippen LogP contribution >= 0.6 is 24.4 Å². The van der Waals surface area contributed by atoms with Gasteiger partial charge in [0.05, 0.1) is 16.9 Å². The average molecular weight is 437 g/mol. The lowest BCUT2D eigenvalue weighted by Gasteiger charge is -2.37. The molecule has 2 aliphatic heterocycles. The maximum atomic E-state index is 14.5. The minimum atomic E-state index is -1.49. The highest BCUT2D eigenvalue weighted by Crippen LogP contribution is 2.41. The lowest BCUT2D eigenvalue weighted by atomic mass is 9.92. The summed E-state index contributed by atoms with van der Waals surface area (Å²) in [5.41, 5.74) is 7.79. The molecule has 2 saturated heterocycles. The molecule has 4 N–H and O–H groups in total. The first-order chi connectivity index (χ1) is 13.9. The molecule has 29 heavy (non-hydrogen) atoms. The molecule has 2 fully saturated rings. The molecular weight excluding hydrogens is 407 g/mol. The number of thioether (sulfide) groups is 1.